The first-order valence-electron chi connectivity index (χ1n) is 11.4. The zero-order chi connectivity index (χ0) is 20.7. The van der Waals surface area contributed by atoms with E-state index >= 15 is 0 Å². The van der Waals surface area contributed by atoms with Crippen LogP contribution in [0.4, 0.5) is 0 Å². The lowest BCUT2D eigenvalue weighted by Crippen LogP contribution is -2.38. The molecule has 1 saturated heterocycles. The molecule has 3 fully saturated rings. The number of aromatic nitrogens is 2. The van der Waals surface area contributed by atoms with Crippen molar-refractivity contribution in [3.05, 3.63) is 33.6 Å². The highest BCUT2D eigenvalue weighted by atomic mass is 32.1. The van der Waals surface area contributed by atoms with Gasteiger partial charge < -0.3 is 14.7 Å². The molecular formula is C23H32N4O2S. The van der Waals surface area contributed by atoms with Crippen LogP contribution < -0.4 is 5.32 Å². The van der Waals surface area contributed by atoms with Crippen LogP contribution in [0.3, 0.4) is 0 Å². The summed E-state index contributed by atoms with van der Waals surface area (Å²) in [6.45, 7) is 7.52. The highest BCUT2D eigenvalue weighted by Crippen LogP contribution is 2.58. The monoisotopic (exact) mass is 428 g/mol. The van der Waals surface area contributed by atoms with Crippen molar-refractivity contribution in [2.75, 3.05) is 19.6 Å². The number of aryl methyl sites for hydroxylation is 2. The van der Waals surface area contributed by atoms with Crippen molar-refractivity contribution >= 4 is 17.2 Å². The number of nitrogens with one attached hydrogen (secondary N) is 1. The molecule has 7 heteroatoms. The van der Waals surface area contributed by atoms with Gasteiger partial charge in [-0.05, 0) is 70.8 Å². The van der Waals surface area contributed by atoms with Crippen LogP contribution in [0.1, 0.15) is 59.9 Å². The summed E-state index contributed by atoms with van der Waals surface area (Å²) in [5.41, 5.74) is 1.47. The van der Waals surface area contributed by atoms with Gasteiger partial charge in [0.15, 0.2) is 0 Å². The third kappa shape index (κ3) is 4.19. The van der Waals surface area contributed by atoms with Crippen LogP contribution in [0.5, 0.6) is 0 Å². The average molecular weight is 429 g/mol. The van der Waals surface area contributed by atoms with Crippen LogP contribution in [0.15, 0.2) is 16.8 Å². The summed E-state index contributed by atoms with van der Waals surface area (Å²) in [6, 6.07) is 2.48. The predicted octanol–water partition coefficient (Wildman–Crippen LogP) is 3.63. The van der Waals surface area contributed by atoms with Gasteiger partial charge in [0.25, 0.3) is 0 Å². The molecule has 3 heterocycles. The molecule has 2 aromatic rings. The van der Waals surface area contributed by atoms with E-state index in [1.807, 2.05) is 20.0 Å². The van der Waals surface area contributed by atoms with Gasteiger partial charge in [-0.1, -0.05) is 5.16 Å². The Kier molecular flexibility index (Phi) is 5.44. The van der Waals surface area contributed by atoms with Crippen molar-refractivity contribution < 1.29 is 9.32 Å². The molecule has 162 valence electrons. The predicted molar refractivity (Wildman–Crippen MR) is 117 cm³/mol. The van der Waals surface area contributed by atoms with E-state index in [-0.39, 0.29) is 11.3 Å². The largest absolute Gasteiger partial charge is 0.361 e. The summed E-state index contributed by atoms with van der Waals surface area (Å²) in [4.78, 5) is 20.2. The zero-order valence-electron chi connectivity index (χ0n) is 18.0. The molecule has 1 aliphatic heterocycles. The van der Waals surface area contributed by atoms with E-state index < -0.39 is 0 Å². The van der Waals surface area contributed by atoms with Gasteiger partial charge in [0.05, 0.1) is 17.1 Å². The van der Waals surface area contributed by atoms with Crippen molar-refractivity contribution in [1.82, 2.24) is 20.4 Å². The number of likely N-dealkylation sites (tertiary alicyclic amines) is 1. The van der Waals surface area contributed by atoms with E-state index in [4.69, 9.17) is 4.52 Å². The van der Waals surface area contributed by atoms with E-state index in [2.05, 4.69) is 26.4 Å². The third-order valence-corrected chi connectivity index (χ3v) is 8.34. The smallest absolute Gasteiger partial charge is 0.225 e. The first-order chi connectivity index (χ1) is 14.5. The minimum Gasteiger partial charge on any atom is -0.361 e. The normalized spacial score (nSPS) is 30.9. The first kappa shape index (κ1) is 20.2. The lowest BCUT2D eigenvalue weighted by Gasteiger charge is -2.30. The topological polar surface area (TPSA) is 71.3 Å². The van der Waals surface area contributed by atoms with Crippen molar-refractivity contribution in [3.8, 4) is 0 Å². The number of hydrogen-bond acceptors (Lipinski definition) is 6. The van der Waals surface area contributed by atoms with Gasteiger partial charge in [-0.3, -0.25) is 4.79 Å². The Bertz CT molecular complexity index is 901. The molecule has 1 amide bonds. The summed E-state index contributed by atoms with van der Waals surface area (Å²) < 4.78 is 5.33. The number of fused-ring (bicyclic) bond motifs is 1. The molecule has 2 saturated carbocycles. The van der Waals surface area contributed by atoms with Gasteiger partial charge in [-0.15, -0.1) is 11.3 Å². The van der Waals surface area contributed by atoms with Gasteiger partial charge in [-0.2, -0.15) is 0 Å². The molecule has 2 aromatic heterocycles. The summed E-state index contributed by atoms with van der Waals surface area (Å²) in [5.74, 6) is 2.64. The SMILES string of the molecule is Cc1cc(C23CC2CN(CC[C@H]2CC[C@H](NC(=O)Cc4cnc(C)s4)CC2)C3)no1. The summed E-state index contributed by atoms with van der Waals surface area (Å²) in [5, 5.41) is 8.58. The minimum atomic E-state index is 0.145. The highest BCUT2D eigenvalue weighted by molar-refractivity contribution is 7.11. The summed E-state index contributed by atoms with van der Waals surface area (Å²) in [7, 11) is 0. The maximum absolute atomic E-state index is 12.3. The van der Waals surface area contributed by atoms with Gasteiger partial charge in [-0.25, -0.2) is 4.98 Å². The van der Waals surface area contributed by atoms with E-state index in [0.717, 1.165) is 46.9 Å². The quantitative estimate of drug-likeness (QED) is 0.729. The molecule has 2 unspecified atom stereocenters. The standard InChI is InChI=1S/C23H32N4O2S/c1-15-9-21(26-29-15)23-11-18(23)13-27(14-23)8-7-17-3-5-19(6-4-17)25-22(28)10-20-12-24-16(2)30-20/h9,12,17-19H,3-8,10-11,13-14H2,1-2H3,(H,25,28)/t17-,18?,19-,23?. The number of hydrogen-bond donors (Lipinski definition) is 1. The molecule has 3 aliphatic rings. The molecular weight excluding hydrogens is 396 g/mol. The maximum atomic E-state index is 12.3. The lowest BCUT2D eigenvalue weighted by atomic mass is 9.84. The van der Waals surface area contributed by atoms with E-state index in [1.54, 1.807) is 11.3 Å². The Balaban J connectivity index is 1.02. The molecule has 30 heavy (non-hydrogen) atoms. The zero-order valence-corrected chi connectivity index (χ0v) is 18.8. The third-order valence-electron chi connectivity index (χ3n) is 7.42. The van der Waals surface area contributed by atoms with Crippen LogP contribution >= 0.6 is 11.3 Å². The van der Waals surface area contributed by atoms with Crippen LogP contribution in [-0.2, 0) is 16.6 Å². The fraction of sp³-hybridized carbons (Fsp3) is 0.696. The van der Waals surface area contributed by atoms with Crippen LogP contribution in [-0.4, -0.2) is 46.6 Å². The lowest BCUT2D eigenvalue weighted by molar-refractivity contribution is -0.121. The molecule has 6 nitrogen and oxygen atoms in total. The fourth-order valence-electron chi connectivity index (χ4n) is 5.64. The number of rotatable bonds is 7. The number of nitrogens with zero attached hydrogens (tertiary/aromatic N) is 3. The Morgan fingerprint density at radius 3 is 2.87 bits per heavy atom. The second kappa shape index (κ2) is 8.08. The molecule has 0 radical (unpaired) electrons. The van der Waals surface area contributed by atoms with Crippen molar-refractivity contribution in [3.63, 3.8) is 0 Å². The molecule has 0 spiro atoms. The molecule has 2 aliphatic carbocycles. The molecule has 0 aromatic carbocycles. The Hall–Kier alpha value is -1.73. The average Bonchev–Trinajstić information content (AvgIpc) is 3.08. The van der Waals surface area contributed by atoms with Crippen LogP contribution in [0, 0.1) is 25.7 Å². The van der Waals surface area contributed by atoms with E-state index in [0.29, 0.717) is 12.5 Å². The fourth-order valence-corrected chi connectivity index (χ4v) is 6.43. The number of carbonyl (C=O) groups is 1. The van der Waals surface area contributed by atoms with Crippen molar-refractivity contribution in [2.24, 2.45) is 11.8 Å². The van der Waals surface area contributed by atoms with Gasteiger partial charge in [0, 0.05) is 41.7 Å². The van der Waals surface area contributed by atoms with E-state index in [1.165, 1.54) is 44.5 Å². The van der Waals surface area contributed by atoms with Gasteiger partial charge >= 0.3 is 0 Å². The van der Waals surface area contributed by atoms with E-state index in [9.17, 15) is 4.79 Å². The number of carbonyl (C=O) groups excluding carboxylic acids is 1. The number of thiazole rings is 1. The van der Waals surface area contributed by atoms with Crippen molar-refractivity contribution in [1.29, 1.82) is 0 Å². The highest BCUT2D eigenvalue weighted by Gasteiger charge is 2.62. The number of amides is 1. The Labute approximate surface area is 182 Å². The summed E-state index contributed by atoms with van der Waals surface area (Å²) >= 11 is 1.61. The van der Waals surface area contributed by atoms with Crippen LogP contribution in [0.25, 0.3) is 0 Å². The molecule has 5 rings (SSSR count). The second-order valence-electron chi connectivity index (χ2n) is 9.71. The molecule has 1 N–H and O–H groups in total. The number of piperidine rings is 1. The maximum Gasteiger partial charge on any atom is 0.225 e. The summed E-state index contributed by atoms with van der Waals surface area (Å²) in [6.07, 6.45) is 9.54. The second-order valence-corrected chi connectivity index (χ2v) is 11.0. The van der Waals surface area contributed by atoms with Crippen molar-refractivity contribution in [2.45, 2.75) is 70.3 Å². The minimum absolute atomic E-state index is 0.145. The van der Waals surface area contributed by atoms with Crippen LogP contribution in [0.2, 0.25) is 0 Å². The Morgan fingerprint density at radius 1 is 1.33 bits per heavy atom. The molecule has 2 atom stereocenters. The molecule has 0 bridgehead atoms. The first-order valence-corrected chi connectivity index (χ1v) is 12.2. The Morgan fingerprint density at radius 2 is 2.17 bits per heavy atom. The van der Waals surface area contributed by atoms with Gasteiger partial charge in [0.1, 0.15) is 5.76 Å². The van der Waals surface area contributed by atoms with Gasteiger partial charge in [0.2, 0.25) is 5.91 Å².